The van der Waals surface area contributed by atoms with Crippen LogP contribution in [0.25, 0.3) is 12.2 Å². The molecule has 14 nitrogen and oxygen atoms in total. The molecule has 0 radical (unpaired) electrons. The van der Waals surface area contributed by atoms with Crippen LogP contribution in [-0.4, -0.2) is 84.7 Å². The summed E-state index contributed by atoms with van der Waals surface area (Å²) in [4.78, 5) is 39.0. The number of esters is 2. The molecule has 7 rings (SSSR count). The van der Waals surface area contributed by atoms with Gasteiger partial charge in [0.15, 0.2) is 34.9 Å². The van der Waals surface area contributed by atoms with Gasteiger partial charge in [-0.15, -0.1) is 0 Å². The minimum atomic E-state index is -1.08. The Morgan fingerprint density at radius 3 is 1.77 bits per heavy atom. The van der Waals surface area contributed by atoms with Gasteiger partial charge in [-0.3, -0.25) is 0 Å². The van der Waals surface area contributed by atoms with Crippen LogP contribution in [0.3, 0.4) is 0 Å². The van der Waals surface area contributed by atoms with Crippen molar-refractivity contribution in [1.29, 1.82) is 0 Å². The molecule has 1 aliphatic carbocycles. The summed E-state index contributed by atoms with van der Waals surface area (Å²) in [7, 11) is 9.10. The average molecular weight is 741 g/mol. The van der Waals surface area contributed by atoms with E-state index >= 15 is 0 Å². The van der Waals surface area contributed by atoms with E-state index in [1.165, 1.54) is 54.8 Å². The first kappa shape index (κ1) is 38.2. The van der Waals surface area contributed by atoms with Crippen LogP contribution in [0.4, 0.5) is 0 Å². The van der Waals surface area contributed by atoms with Gasteiger partial charge in [-0.1, -0.05) is 13.8 Å². The van der Waals surface area contributed by atoms with E-state index in [1.54, 1.807) is 43.3 Å². The quantitative estimate of drug-likeness (QED) is 0.148. The zero-order valence-corrected chi connectivity index (χ0v) is 31.5. The SMILES string of the molecule is COc1ccc(/C=C/C(=O)O[C@@H]2O[C@@H]3O[C@@]4(C)CC[C@H]5[C@H](C)[C@H](OC(=O)/C=C/c6ccc(OC)c(OC)c6OC)C[C@@H]([C@H]2C)[C@@]35OO4)c(OC)c1OC. The monoisotopic (exact) mass is 740 g/mol. The normalized spacial score (nSPS) is 31.7. The Hall–Kier alpha value is -4.50. The lowest BCUT2D eigenvalue weighted by Gasteiger charge is -2.60. The van der Waals surface area contributed by atoms with Gasteiger partial charge in [-0.2, -0.15) is 0 Å². The highest BCUT2D eigenvalue weighted by molar-refractivity contribution is 5.89. The Labute approximate surface area is 309 Å². The van der Waals surface area contributed by atoms with Gasteiger partial charge in [-0.25, -0.2) is 19.4 Å². The van der Waals surface area contributed by atoms with Crippen molar-refractivity contribution in [1.82, 2.24) is 0 Å². The van der Waals surface area contributed by atoms with E-state index in [4.69, 9.17) is 57.1 Å². The second kappa shape index (κ2) is 15.5. The highest BCUT2D eigenvalue weighted by atomic mass is 17.3. The van der Waals surface area contributed by atoms with Gasteiger partial charge in [0, 0.05) is 47.5 Å². The fraction of sp³-hybridized carbons (Fsp3) is 0.538. The molecule has 0 N–H and O–H groups in total. The molecular formula is C39H48O14. The molecule has 0 aromatic heterocycles. The number of hydrogen-bond donors (Lipinski definition) is 0. The topological polar surface area (TPSA) is 145 Å². The van der Waals surface area contributed by atoms with Crippen LogP contribution in [0.2, 0.25) is 0 Å². The van der Waals surface area contributed by atoms with E-state index in [0.717, 1.165) is 0 Å². The van der Waals surface area contributed by atoms with Crippen molar-refractivity contribution in [3.8, 4) is 34.5 Å². The third-order valence-electron chi connectivity index (χ3n) is 11.0. The lowest BCUT2D eigenvalue weighted by molar-refractivity contribution is -0.577. The molecule has 2 bridgehead atoms. The molecule has 4 saturated heterocycles. The predicted molar refractivity (Wildman–Crippen MR) is 188 cm³/mol. The van der Waals surface area contributed by atoms with Gasteiger partial charge in [-0.05, 0) is 62.1 Å². The summed E-state index contributed by atoms with van der Waals surface area (Å²) < 4.78 is 57.8. The van der Waals surface area contributed by atoms with E-state index in [0.29, 0.717) is 64.9 Å². The van der Waals surface area contributed by atoms with E-state index in [9.17, 15) is 9.59 Å². The van der Waals surface area contributed by atoms with Crippen LogP contribution < -0.4 is 28.4 Å². The minimum Gasteiger partial charge on any atom is -0.493 e. The Morgan fingerprint density at radius 1 is 0.698 bits per heavy atom. The summed E-state index contributed by atoms with van der Waals surface area (Å²) >= 11 is 0. The van der Waals surface area contributed by atoms with Crippen LogP contribution >= 0.6 is 0 Å². The maximum Gasteiger partial charge on any atom is 0.333 e. The van der Waals surface area contributed by atoms with Crippen LogP contribution in [0, 0.1) is 23.7 Å². The average Bonchev–Trinajstić information content (AvgIpc) is 3.39. The maximum absolute atomic E-state index is 13.4. The summed E-state index contributed by atoms with van der Waals surface area (Å²) in [6, 6.07) is 6.95. The zero-order valence-electron chi connectivity index (χ0n) is 31.5. The first-order valence-electron chi connectivity index (χ1n) is 17.5. The smallest absolute Gasteiger partial charge is 0.333 e. The van der Waals surface area contributed by atoms with Gasteiger partial charge in [0.05, 0.1) is 42.7 Å². The second-order valence-electron chi connectivity index (χ2n) is 13.7. The molecule has 14 heteroatoms. The number of hydrogen-bond acceptors (Lipinski definition) is 14. The molecule has 9 atom stereocenters. The van der Waals surface area contributed by atoms with Crippen LogP contribution in [0.1, 0.15) is 51.2 Å². The molecule has 53 heavy (non-hydrogen) atoms. The van der Waals surface area contributed by atoms with E-state index in [2.05, 4.69) is 0 Å². The molecule has 1 spiro atoms. The fourth-order valence-electron chi connectivity index (χ4n) is 8.27. The van der Waals surface area contributed by atoms with Crippen molar-refractivity contribution < 1.29 is 66.7 Å². The fourth-order valence-corrected chi connectivity index (χ4v) is 8.27. The Morgan fingerprint density at radius 2 is 1.25 bits per heavy atom. The number of rotatable bonds is 12. The summed E-state index contributed by atoms with van der Waals surface area (Å²) in [6.45, 7) is 5.76. The molecule has 1 saturated carbocycles. The van der Waals surface area contributed by atoms with Crippen molar-refractivity contribution in [3.63, 3.8) is 0 Å². The highest BCUT2D eigenvalue weighted by Gasteiger charge is 2.71. The second-order valence-corrected chi connectivity index (χ2v) is 13.7. The summed E-state index contributed by atoms with van der Waals surface area (Å²) in [5, 5.41) is 0. The first-order valence-corrected chi connectivity index (χ1v) is 17.5. The summed E-state index contributed by atoms with van der Waals surface area (Å²) in [6.07, 6.45) is 5.01. The predicted octanol–water partition coefficient (Wildman–Crippen LogP) is 5.74. The number of carbonyl (C=O) groups is 2. The molecule has 5 fully saturated rings. The van der Waals surface area contributed by atoms with Gasteiger partial charge in [0.25, 0.3) is 0 Å². The number of fused-ring (bicyclic) bond motifs is 2. The molecule has 5 aliphatic rings. The number of benzene rings is 2. The van der Waals surface area contributed by atoms with Crippen LogP contribution in [-0.2, 0) is 38.3 Å². The summed E-state index contributed by atoms with van der Waals surface area (Å²) in [5.74, 6) is -0.709. The third kappa shape index (κ3) is 6.89. The largest absolute Gasteiger partial charge is 0.493 e. The molecule has 2 aromatic carbocycles. The Kier molecular flexibility index (Phi) is 11.2. The van der Waals surface area contributed by atoms with Crippen molar-refractivity contribution in [2.24, 2.45) is 23.7 Å². The van der Waals surface area contributed by atoms with E-state index in [1.807, 2.05) is 13.8 Å². The van der Waals surface area contributed by atoms with Gasteiger partial charge >= 0.3 is 11.9 Å². The zero-order chi connectivity index (χ0) is 38.1. The van der Waals surface area contributed by atoms with E-state index in [-0.39, 0.29) is 17.8 Å². The molecule has 0 unspecified atom stereocenters. The number of methoxy groups -OCH3 is 6. The third-order valence-corrected chi connectivity index (χ3v) is 11.0. The molecule has 2 aromatic rings. The highest BCUT2D eigenvalue weighted by Crippen LogP contribution is 2.61. The number of ether oxygens (including phenoxy) is 10. The first-order chi connectivity index (χ1) is 25.5. The van der Waals surface area contributed by atoms with Crippen LogP contribution in [0.5, 0.6) is 34.5 Å². The standard InChI is InChI=1S/C39H48O14/c1-21-25-18-19-38(3)51-37-39(25,53-52-38)26(20-29(21)48-30(40)16-12-23-10-14-27(42-4)34(46-8)32(23)44-6)22(2)36(50-37)49-31(41)17-13-24-11-15-28(43-5)35(47-9)33(24)45-7/h10-17,21-22,25-26,29,36-37H,18-20H2,1-9H3/b16-12+,17-13+/t21-,22+,25-,26-,29+,36+,37+,38+,39+/m0/s1. The summed E-state index contributed by atoms with van der Waals surface area (Å²) in [5.41, 5.74) is 0.166. The minimum absolute atomic E-state index is 0.149. The van der Waals surface area contributed by atoms with Crippen molar-refractivity contribution >= 4 is 24.1 Å². The van der Waals surface area contributed by atoms with Gasteiger partial charge < -0.3 is 47.4 Å². The molecule has 4 aliphatic heterocycles. The van der Waals surface area contributed by atoms with Crippen molar-refractivity contribution in [3.05, 3.63) is 47.5 Å². The lowest BCUT2D eigenvalue weighted by atomic mass is 9.57. The van der Waals surface area contributed by atoms with Crippen molar-refractivity contribution in [2.45, 2.75) is 70.1 Å². The number of carbonyl (C=O) groups excluding carboxylic acids is 2. The van der Waals surface area contributed by atoms with Gasteiger partial charge in [0.2, 0.25) is 23.6 Å². The molecule has 4 heterocycles. The van der Waals surface area contributed by atoms with Crippen LogP contribution in [0.15, 0.2) is 36.4 Å². The van der Waals surface area contributed by atoms with Gasteiger partial charge in [0.1, 0.15) is 6.10 Å². The molecular weight excluding hydrogens is 692 g/mol. The van der Waals surface area contributed by atoms with E-state index < -0.39 is 47.9 Å². The van der Waals surface area contributed by atoms with Crippen molar-refractivity contribution in [2.75, 3.05) is 42.7 Å². The molecule has 288 valence electrons. The maximum atomic E-state index is 13.4. The molecule has 0 amide bonds. The Balaban J connectivity index is 1.23. The lowest BCUT2D eigenvalue weighted by Crippen LogP contribution is -2.72. The Bertz CT molecular complexity index is 1740.